The van der Waals surface area contributed by atoms with E-state index in [1.54, 1.807) is 24.3 Å². The molecule has 0 aliphatic rings. The quantitative estimate of drug-likeness (QED) is 0.839. The first-order chi connectivity index (χ1) is 10.1. The van der Waals surface area contributed by atoms with E-state index in [0.29, 0.717) is 23.4 Å². The van der Waals surface area contributed by atoms with Crippen molar-refractivity contribution in [2.75, 3.05) is 6.61 Å². The molecule has 0 unspecified atom stereocenters. The van der Waals surface area contributed by atoms with Crippen molar-refractivity contribution in [1.29, 1.82) is 0 Å². The highest BCUT2D eigenvalue weighted by Gasteiger charge is 2.13. The Hall–Kier alpha value is -2.58. The van der Waals surface area contributed by atoms with E-state index in [9.17, 15) is 4.79 Å². The van der Waals surface area contributed by atoms with Gasteiger partial charge < -0.3 is 14.9 Å². The number of aliphatic hydroxyl groups excluding tert-OH is 1. The molecule has 0 spiro atoms. The van der Waals surface area contributed by atoms with Crippen LogP contribution in [0.5, 0.6) is 0 Å². The molecule has 5 nitrogen and oxygen atoms in total. The van der Waals surface area contributed by atoms with E-state index < -0.39 is 0 Å². The van der Waals surface area contributed by atoms with Crippen LogP contribution in [0.4, 0.5) is 0 Å². The summed E-state index contributed by atoms with van der Waals surface area (Å²) in [5.74, 6) is 5.79. The van der Waals surface area contributed by atoms with Crippen LogP contribution in [-0.2, 0) is 6.54 Å². The van der Waals surface area contributed by atoms with Crippen LogP contribution in [0.15, 0.2) is 28.8 Å². The predicted molar refractivity (Wildman–Crippen MR) is 77.6 cm³/mol. The number of nitrogens with one attached hydrogen (secondary N) is 1. The minimum absolute atomic E-state index is 0.224. The number of aliphatic hydroxyl groups is 1. The predicted octanol–water partition coefficient (Wildman–Crippen LogP) is 1.57. The summed E-state index contributed by atoms with van der Waals surface area (Å²) in [5, 5.41) is 15.4. The monoisotopic (exact) mass is 284 g/mol. The highest BCUT2D eigenvalue weighted by Crippen LogP contribution is 2.12. The Balaban J connectivity index is 2.14. The van der Waals surface area contributed by atoms with Gasteiger partial charge in [-0.3, -0.25) is 4.79 Å². The molecule has 0 aliphatic heterocycles. The van der Waals surface area contributed by atoms with E-state index in [1.165, 1.54) is 0 Å². The van der Waals surface area contributed by atoms with Crippen LogP contribution in [0, 0.1) is 25.7 Å². The fraction of sp³-hybridized carbons (Fsp3) is 0.250. The number of aromatic nitrogens is 1. The Labute approximate surface area is 123 Å². The van der Waals surface area contributed by atoms with Gasteiger partial charge in [-0.15, -0.1) is 0 Å². The first kappa shape index (κ1) is 14.8. The van der Waals surface area contributed by atoms with Gasteiger partial charge in [0, 0.05) is 17.7 Å². The highest BCUT2D eigenvalue weighted by atomic mass is 16.5. The van der Waals surface area contributed by atoms with Gasteiger partial charge in [0.1, 0.15) is 12.4 Å². The summed E-state index contributed by atoms with van der Waals surface area (Å²) >= 11 is 0. The molecule has 0 fully saturated rings. The lowest BCUT2D eigenvalue weighted by Crippen LogP contribution is -2.24. The summed E-state index contributed by atoms with van der Waals surface area (Å²) in [6, 6.07) is 7.01. The molecule has 0 radical (unpaired) electrons. The van der Waals surface area contributed by atoms with Crippen LogP contribution in [0.3, 0.4) is 0 Å². The van der Waals surface area contributed by atoms with Crippen molar-refractivity contribution in [3.05, 3.63) is 52.4 Å². The second-order valence-electron chi connectivity index (χ2n) is 4.49. The van der Waals surface area contributed by atoms with Crippen molar-refractivity contribution in [2.24, 2.45) is 0 Å². The number of carbonyl (C=O) groups is 1. The fourth-order valence-electron chi connectivity index (χ4n) is 1.94. The van der Waals surface area contributed by atoms with Gasteiger partial charge >= 0.3 is 0 Å². The average molecular weight is 284 g/mol. The van der Waals surface area contributed by atoms with Gasteiger partial charge in [-0.25, -0.2) is 0 Å². The van der Waals surface area contributed by atoms with E-state index in [4.69, 9.17) is 9.63 Å². The molecule has 1 heterocycles. The van der Waals surface area contributed by atoms with Crippen molar-refractivity contribution in [3.8, 4) is 11.8 Å². The summed E-state index contributed by atoms with van der Waals surface area (Å²) in [5.41, 5.74) is 2.71. The lowest BCUT2D eigenvalue weighted by Gasteiger charge is -2.06. The summed E-state index contributed by atoms with van der Waals surface area (Å²) in [6.07, 6.45) is 0. The van der Waals surface area contributed by atoms with E-state index in [2.05, 4.69) is 22.3 Å². The van der Waals surface area contributed by atoms with Gasteiger partial charge in [0.25, 0.3) is 5.91 Å². The molecule has 2 aromatic rings. The minimum Gasteiger partial charge on any atom is -0.384 e. The van der Waals surface area contributed by atoms with Crippen molar-refractivity contribution >= 4 is 5.91 Å². The van der Waals surface area contributed by atoms with Crippen LogP contribution in [-0.4, -0.2) is 22.8 Å². The topological polar surface area (TPSA) is 75.4 Å². The number of hydrogen-bond acceptors (Lipinski definition) is 4. The molecule has 108 valence electrons. The number of hydrogen-bond donors (Lipinski definition) is 2. The minimum atomic E-state index is -0.241. The number of benzene rings is 1. The lowest BCUT2D eigenvalue weighted by atomic mass is 10.1. The Kier molecular flexibility index (Phi) is 4.75. The van der Waals surface area contributed by atoms with Crippen LogP contribution >= 0.6 is 0 Å². The molecule has 0 saturated heterocycles. The third-order valence-corrected chi connectivity index (χ3v) is 3.08. The normalized spacial score (nSPS) is 9.86. The lowest BCUT2D eigenvalue weighted by molar-refractivity contribution is 0.0950. The third kappa shape index (κ3) is 3.50. The van der Waals surface area contributed by atoms with Crippen molar-refractivity contribution < 1.29 is 14.4 Å². The molecule has 5 heteroatoms. The van der Waals surface area contributed by atoms with Crippen molar-refractivity contribution in [1.82, 2.24) is 10.5 Å². The average Bonchev–Trinajstić information content (AvgIpc) is 2.82. The van der Waals surface area contributed by atoms with Gasteiger partial charge in [-0.05, 0) is 26.0 Å². The molecule has 1 aromatic carbocycles. The second kappa shape index (κ2) is 6.73. The van der Waals surface area contributed by atoms with Gasteiger partial charge in [0.05, 0.1) is 11.3 Å². The third-order valence-electron chi connectivity index (χ3n) is 3.08. The number of rotatable bonds is 3. The van der Waals surface area contributed by atoms with Gasteiger partial charge in [0.2, 0.25) is 0 Å². The van der Waals surface area contributed by atoms with Crippen LogP contribution in [0.1, 0.15) is 32.9 Å². The Morgan fingerprint density at radius 2 is 2.14 bits per heavy atom. The zero-order chi connectivity index (χ0) is 15.2. The molecule has 21 heavy (non-hydrogen) atoms. The van der Waals surface area contributed by atoms with E-state index in [0.717, 1.165) is 11.3 Å². The summed E-state index contributed by atoms with van der Waals surface area (Å²) in [7, 11) is 0. The highest BCUT2D eigenvalue weighted by molar-refractivity contribution is 5.96. The van der Waals surface area contributed by atoms with Gasteiger partial charge in [-0.1, -0.05) is 29.1 Å². The van der Waals surface area contributed by atoms with Crippen molar-refractivity contribution in [3.63, 3.8) is 0 Å². The van der Waals surface area contributed by atoms with E-state index >= 15 is 0 Å². The van der Waals surface area contributed by atoms with Crippen LogP contribution < -0.4 is 5.32 Å². The van der Waals surface area contributed by atoms with Crippen LogP contribution in [0.25, 0.3) is 0 Å². The van der Waals surface area contributed by atoms with Gasteiger partial charge in [-0.2, -0.15) is 0 Å². The van der Waals surface area contributed by atoms with E-state index in [1.807, 2.05) is 13.8 Å². The Morgan fingerprint density at radius 1 is 1.38 bits per heavy atom. The van der Waals surface area contributed by atoms with Gasteiger partial charge in [0.15, 0.2) is 0 Å². The Bertz CT molecular complexity index is 688. The molecule has 2 rings (SSSR count). The second-order valence-corrected chi connectivity index (χ2v) is 4.49. The fourth-order valence-corrected chi connectivity index (χ4v) is 1.94. The maximum Gasteiger partial charge on any atom is 0.252 e. The van der Waals surface area contributed by atoms with Crippen LogP contribution in [0.2, 0.25) is 0 Å². The molecule has 0 atom stereocenters. The molecular weight excluding hydrogens is 268 g/mol. The smallest absolute Gasteiger partial charge is 0.252 e. The molecule has 2 N–H and O–H groups in total. The molecular formula is C16H16N2O3. The summed E-state index contributed by atoms with van der Waals surface area (Å²) < 4.78 is 5.06. The standard InChI is InChI=1S/C16H16N2O3/c1-11-15(12(2)21-18-11)10-17-16(20)14-8-4-3-6-13(14)7-5-9-19/h3-4,6,8,19H,9-10H2,1-2H3,(H,17,20). The van der Waals surface area contributed by atoms with Crippen molar-refractivity contribution in [2.45, 2.75) is 20.4 Å². The molecule has 1 aromatic heterocycles. The number of aryl methyl sites for hydroxylation is 2. The number of carbonyl (C=O) groups excluding carboxylic acids is 1. The Morgan fingerprint density at radius 3 is 2.81 bits per heavy atom. The zero-order valence-electron chi connectivity index (χ0n) is 11.9. The SMILES string of the molecule is Cc1noc(C)c1CNC(=O)c1ccccc1C#CCO. The maximum atomic E-state index is 12.3. The first-order valence-corrected chi connectivity index (χ1v) is 6.52. The summed E-state index contributed by atoms with van der Waals surface area (Å²) in [6.45, 7) is 3.75. The number of nitrogens with zero attached hydrogens (tertiary/aromatic N) is 1. The van der Waals surface area contributed by atoms with E-state index in [-0.39, 0.29) is 12.5 Å². The molecule has 0 bridgehead atoms. The number of amides is 1. The molecule has 0 aliphatic carbocycles. The molecule has 0 saturated carbocycles. The molecule has 1 amide bonds. The first-order valence-electron chi connectivity index (χ1n) is 6.52. The largest absolute Gasteiger partial charge is 0.384 e. The zero-order valence-corrected chi connectivity index (χ0v) is 11.9. The summed E-state index contributed by atoms with van der Waals surface area (Å²) in [4.78, 5) is 12.3. The maximum absolute atomic E-state index is 12.3.